The second-order valence-electron chi connectivity index (χ2n) is 5.56. The van der Waals surface area contributed by atoms with Gasteiger partial charge in [-0.3, -0.25) is 14.4 Å². The van der Waals surface area contributed by atoms with Crippen LogP contribution in [-0.4, -0.2) is 30.7 Å². The fourth-order valence-corrected chi connectivity index (χ4v) is 3.06. The monoisotopic (exact) mass is 360 g/mol. The predicted molar refractivity (Wildman–Crippen MR) is 95.5 cm³/mol. The van der Waals surface area contributed by atoms with Gasteiger partial charge in [-0.1, -0.05) is 0 Å². The standard InChI is InChI=1S/C19H20O5S/c1-12-4-10-17(25-12)16(20)9-11-18(21)24-13(2)19(22)14-5-7-15(23-3)8-6-14/h4-8,10,13H,9,11H2,1-3H3. The number of rotatable bonds is 8. The molecule has 0 amide bonds. The molecule has 0 fully saturated rings. The number of benzene rings is 1. The zero-order valence-electron chi connectivity index (χ0n) is 14.4. The van der Waals surface area contributed by atoms with Gasteiger partial charge in [-0.2, -0.15) is 0 Å². The van der Waals surface area contributed by atoms with Crippen molar-refractivity contribution in [2.75, 3.05) is 7.11 Å². The summed E-state index contributed by atoms with van der Waals surface area (Å²) in [5.74, 6) is -0.306. The summed E-state index contributed by atoms with van der Waals surface area (Å²) >= 11 is 1.40. The highest BCUT2D eigenvalue weighted by Crippen LogP contribution is 2.18. The summed E-state index contributed by atoms with van der Waals surface area (Å²) in [7, 11) is 1.54. The number of Topliss-reactive ketones (excluding diaryl/α,β-unsaturated/α-hetero) is 2. The Morgan fingerprint density at radius 2 is 1.72 bits per heavy atom. The molecule has 2 aromatic rings. The summed E-state index contributed by atoms with van der Waals surface area (Å²) in [6, 6.07) is 10.2. The first kappa shape index (κ1) is 18.9. The van der Waals surface area contributed by atoms with E-state index in [0.717, 1.165) is 4.88 Å². The van der Waals surface area contributed by atoms with Gasteiger partial charge in [-0.25, -0.2) is 0 Å². The molecule has 5 nitrogen and oxygen atoms in total. The molecule has 0 saturated heterocycles. The Hall–Kier alpha value is -2.47. The van der Waals surface area contributed by atoms with Gasteiger partial charge in [0, 0.05) is 16.9 Å². The van der Waals surface area contributed by atoms with Gasteiger partial charge in [0.1, 0.15) is 5.75 Å². The maximum absolute atomic E-state index is 12.3. The minimum Gasteiger partial charge on any atom is -0.497 e. The normalized spacial score (nSPS) is 11.6. The van der Waals surface area contributed by atoms with Gasteiger partial charge in [0.2, 0.25) is 5.78 Å². The lowest BCUT2D eigenvalue weighted by atomic mass is 10.1. The van der Waals surface area contributed by atoms with Crippen molar-refractivity contribution in [2.45, 2.75) is 32.8 Å². The van der Waals surface area contributed by atoms with E-state index in [1.807, 2.05) is 13.0 Å². The average molecular weight is 360 g/mol. The SMILES string of the molecule is COc1ccc(C(=O)C(C)OC(=O)CCC(=O)c2ccc(C)s2)cc1. The maximum Gasteiger partial charge on any atom is 0.306 e. The van der Waals surface area contributed by atoms with Gasteiger partial charge >= 0.3 is 5.97 Å². The minimum atomic E-state index is -0.903. The molecule has 1 atom stereocenters. The fraction of sp³-hybridized carbons (Fsp3) is 0.316. The summed E-state index contributed by atoms with van der Waals surface area (Å²) < 4.78 is 10.2. The lowest BCUT2D eigenvalue weighted by Crippen LogP contribution is -2.24. The van der Waals surface area contributed by atoms with Crippen molar-refractivity contribution < 1.29 is 23.9 Å². The van der Waals surface area contributed by atoms with Crippen molar-refractivity contribution in [1.82, 2.24) is 0 Å². The largest absolute Gasteiger partial charge is 0.497 e. The summed E-state index contributed by atoms with van der Waals surface area (Å²) in [4.78, 5) is 37.8. The molecule has 0 aliphatic rings. The van der Waals surface area contributed by atoms with Gasteiger partial charge < -0.3 is 9.47 Å². The van der Waals surface area contributed by atoms with Crippen LogP contribution in [0.2, 0.25) is 0 Å². The van der Waals surface area contributed by atoms with Crippen LogP contribution in [0.3, 0.4) is 0 Å². The lowest BCUT2D eigenvalue weighted by Gasteiger charge is -2.12. The first-order chi connectivity index (χ1) is 11.9. The van der Waals surface area contributed by atoms with Crippen LogP contribution in [0.4, 0.5) is 0 Å². The third-order valence-electron chi connectivity index (χ3n) is 3.62. The molecule has 0 N–H and O–H groups in total. The van der Waals surface area contributed by atoms with Crippen LogP contribution in [-0.2, 0) is 9.53 Å². The lowest BCUT2D eigenvalue weighted by molar-refractivity contribution is -0.146. The summed E-state index contributed by atoms with van der Waals surface area (Å²) in [6.45, 7) is 3.44. The van der Waals surface area contributed by atoms with Gasteiger partial charge in [-0.05, 0) is 50.2 Å². The number of methoxy groups -OCH3 is 1. The van der Waals surface area contributed by atoms with E-state index >= 15 is 0 Å². The second-order valence-corrected chi connectivity index (χ2v) is 6.85. The number of esters is 1. The third-order valence-corrected chi connectivity index (χ3v) is 4.67. The molecule has 6 heteroatoms. The van der Waals surface area contributed by atoms with Crippen molar-refractivity contribution in [2.24, 2.45) is 0 Å². The Labute approximate surface area is 150 Å². The van der Waals surface area contributed by atoms with E-state index in [4.69, 9.17) is 9.47 Å². The topological polar surface area (TPSA) is 69.7 Å². The van der Waals surface area contributed by atoms with E-state index in [-0.39, 0.29) is 24.4 Å². The average Bonchev–Trinajstić information content (AvgIpc) is 3.05. The molecule has 0 saturated carbocycles. The molecular weight excluding hydrogens is 340 g/mol. The van der Waals surface area contributed by atoms with Gasteiger partial charge in [0.25, 0.3) is 0 Å². The Balaban J connectivity index is 1.84. The Morgan fingerprint density at radius 3 is 2.28 bits per heavy atom. The Bertz CT molecular complexity index is 760. The highest BCUT2D eigenvalue weighted by atomic mass is 32.1. The van der Waals surface area contributed by atoms with E-state index in [9.17, 15) is 14.4 Å². The maximum atomic E-state index is 12.3. The van der Waals surface area contributed by atoms with E-state index in [1.165, 1.54) is 18.3 Å². The number of hydrogen-bond donors (Lipinski definition) is 0. The van der Waals surface area contributed by atoms with Crippen LogP contribution in [0.5, 0.6) is 5.75 Å². The molecule has 2 rings (SSSR count). The number of carbonyl (C=O) groups is 3. The number of aryl methyl sites for hydroxylation is 1. The molecule has 0 spiro atoms. The molecule has 1 aromatic carbocycles. The van der Waals surface area contributed by atoms with E-state index < -0.39 is 12.1 Å². The zero-order valence-corrected chi connectivity index (χ0v) is 15.2. The molecular formula is C19H20O5S. The fourth-order valence-electron chi connectivity index (χ4n) is 2.22. The highest BCUT2D eigenvalue weighted by Gasteiger charge is 2.20. The smallest absolute Gasteiger partial charge is 0.306 e. The number of ether oxygens (including phenoxy) is 2. The quantitative estimate of drug-likeness (QED) is 0.528. The van der Waals surface area contributed by atoms with Gasteiger partial charge in [-0.15, -0.1) is 11.3 Å². The van der Waals surface area contributed by atoms with Crippen LogP contribution < -0.4 is 4.74 Å². The van der Waals surface area contributed by atoms with E-state index in [0.29, 0.717) is 16.2 Å². The molecule has 132 valence electrons. The predicted octanol–water partition coefficient (Wildman–Crippen LogP) is 3.84. The zero-order chi connectivity index (χ0) is 18.4. The number of thiophene rings is 1. The van der Waals surface area contributed by atoms with Crippen LogP contribution >= 0.6 is 11.3 Å². The molecule has 0 aliphatic heterocycles. The summed E-state index contributed by atoms with van der Waals surface area (Å²) in [5, 5.41) is 0. The molecule has 0 bridgehead atoms. The van der Waals surface area contributed by atoms with Crippen molar-refractivity contribution >= 4 is 28.9 Å². The van der Waals surface area contributed by atoms with Crippen molar-refractivity contribution in [3.63, 3.8) is 0 Å². The van der Waals surface area contributed by atoms with E-state index in [2.05, 4.69) is 0 Å². The summed E-state index contributed by atoms with van der Waals surface area (Å²) in [6.07, 6.45) is -0.877. The number of ketones is 2. The molecule has 1 unspecified atom stereocenters. The van der Waals surface area contributed by atoms with E-state index in [1.54, 1.807) is 37.4 Å². The first-order valence-corrected chi connectivity index (χ1v) is 8.69. The minimum absolute atomic E-state index is 0.0456. The third kappa shape index (κ3) is 5.26. The van der Waals surface area contributed by atoms with Gasteiger partial charge in [0.15, 0.2) is 11.9 Å². The second kappa shape index (κ2) is 8.58. The first-order valence-electron chi connectivity index (χ1n) is 7.88. The van der Waals surface area contributed by atoms with Crippen molar-refractivity contribution in [1.29, 1.82) is 0 Å². The van der Waals surface area contributed by atoms with Crippen LogP contribution in [0, 0.1) is 6.92 Å². The van der Waals surface area contributed by atoms with Crippen LogP contribution in [0.25, 0.3) is 0 Å². The molecule has 25 heavy (non-hydrogen) atoms. The molecule has 1 aromatic heterocycles. The Kier molecular flexibility index (Phi) is 6.47. The van der Waals surface area contributed by atoms with Gasteiger partial charge in [0.05, 0.1) is 18.4 Å². The number of hydrogen-bond acceptors (Lipinski definition) is 6. The van der Waals surface area contributed by atoms with Crippen LogP contribution in [0.1, 0.15) is 44.7 Å². The molecule has 0 aliphatic carbocycles. The van der Waals surface area contributed by atoms with Crippen molar-refractivity contribution in [3.05, 3.63) is 51.7 Å². The highest BCUT2D eigenvalue weighted by molar-refractivity contribution is 7.14. The molecule has 0 radical (unpaired) electrons. The summed E-state index contributed by atoms with van der Waals surface area (Å²) in [5.41, 5.74) is 0.436. The Morgan fingerprint density at radius 1 is 1.04 bits per heavy atom. The van der Waals surface area contributed by atoms with Crippen LogP contribution in [0.15, 0.2) is 36.4 Å². The number of carbonyl (C=O) groups excluding carboxylic acids is 3. The van der Waals surface area contributed by atoms with Crippen molar-refractivity contribution in [3.8, 4) is 5.75 Å². The molecule has 1 heterocycles.